The van der Waals surface area contributed by atoms with Crippen LogP contribution in [0.25, 0.3) is 0 Å². The zero-order valence-electron chi connectivity index (χ0n) is 8.85. The van der Waals surface area contributed by atoms with Crippen molar-refractivity contribution < 1.29 is 9.90 Å². The normalized spacial score (nSPS) is 23.3. The minimum atomic E-state index is -0.623. The monoisotopic (exact) mass is 210 g/mol. The topological polar surface area (TPSA) is 66.6 Å². The maximum absolute atomic E-state index is 11.9. The fourth-order valence-corrected chi connectivity index (χ4v) is 1.91. The maximum Gasteiger partial charge on any atom is 0.240 e. The van der Waals surface area contributed by atoms with Crippen molar-refractivity contribution in [2.45, 2.75) is 37.8 Å². The average Bonchev–Trinajstić information content (AvgIpc) is 2.28. The van der Waals surface area contributed by atoms with Gasteiger partial charge in [0.2, 0.25) is 5.91 Å². The summed E-state index contributed by atoms with van der Waals surface area (Å²) in [6.07, 6.45) is 8.26. The highest BCUT2D eigenvalue weighted by Crippen LogP contribution is 2.17. The number of carbonyl (C=O) groups excluding carboxylic acids is 1. The van der Waals surface area contributed by atoms with Gasteiger partial charge in [-0.1, -0.05) is 0 Å². The van der Waals surface area contributed by atoms with Crippen molar-refractivity contribution in [3.8, 4) is 12.3 Å². The van der Waals surface area contributed by atoms with E-state index in [1.165, 1.54) is 0 Å². The van der Waals surface area contributed by atoms with E-state index in [2.05, 4.69) is 5.92 Å². The number of aliphatic hydroxyl groups excluding tert-OH is 1. The van der Waals surface area contributed by atoms with E-state index in [-0.39, 0.29) is 25.0 Å². The third kappa shape index (κ3) is 2.95. The van der Waals surface area contributed by atoms with Crippen LogP contribution < -0.4 is 5.73 Å². The number of carbonyl (C=O) groups is 1. The van der Waals surface area contributed by atoms with Crippen LogP contribution in [0.1, 0.15) is 25.7 Å². The second-order valence-electron chi connectivity index (χ2n) is 3.88. The van der Waals surface area contributed by atoms with Crippen LogP contribution in [0, 0.1) is 12.3 Å². The van der Waals surface area contributed by atoms with Crippen LogP contribution in [-0.4, -0.2) is 41.1 Å². The molecule has 2 atom stereocenters. The molecule has 0 aromatic carbocycles. The summed E-state index contributed by atoms with van der Waals surface area (Å²) in [5.41, 5.74) is 5.66. The van der Waals surface area contributed by atoms with E-state index in [1.807, 2.05) is 0 Å². The maximum atomic E-state index is 11.9. The summed E-state index contributed by atoms with van der Waals surface area (Å²) in [6.45, 7) is 0.691. The molecule has 1 saturated heterocycles. The fourth-order valence-electron chi connectivity index (χ4n) is 1.91. The van der Waals surface area contributed by atoms with Crippen LogP contribution in [0.4, 0.5) is 0 Å². The van der Waals surface area contributed by atoms with E-state index in [0.717, 1.165) is 19.3 Å². The van der Waals surface area contributed by atoms with Gasteiger partial charge in [-0.15, -0.1) is 12.3 Å². The number of piperidine rings is 1. The van der Waals surface area contributed by atoms with Gasteiger partial charge in [-0.3, -0.25) is 4.79 Å². The molecule has 0 aromatic heterocycles. The summed E-state index contributed by atoms with van der Waals surface area (Å²) in [5, 5.41) is 9.15. The number of rotatable bonds is 3. The largest absolute Gasteiger partial charge is 0.394 e. The van der Waals surface area contributed by atoms with E-state index >= 15 is 0 Å². The second-order valence-corrected chi connectivity index (χ2v) is 3.88. The second kappa shape index (κ2) is 5.74. The predicted molar refractivity (Wildman–Crippen MR) is 57.9 cm³/mol. The van der Waals surface area contributed by atoms with E-state index in [9.17, 15) is 4.79 Å². The highest BCUT2D eigenvalue weighted by atomic mass is 16.3. The first-order valence-electron chi connectivity index (χ1n) is 5.31. The zero-order chi connectivity index (χ0) is 11.3. The Balaban J connectivity index is 2.59. The van der Waals surface area contributed by atoms with Gasteiger partial charge in [0, 0.05) is 13.0 Å². The van der Waals surface area contributed by atoms with Gasteiger partial charge in [0.05, 0.1) is 18.7 Å². The molecule has 84 valence electrons. The van der Waals surface area contributed by atoms with Gasteiger partial charge in [-0.25, -0.2) is 0 Å². The van der Waals surface area contributed by atoms with Crippen molar-refractivity contribution in [1.82, 2.24) is 4.90 Å². The molecule has 1 rings (SSSR count). The van der Waals surface area contributed by atoms with Crippen molar-refractivity contribution in [3.63, 3.8) is 0 Å². The van der Waals surface area contributed by atoms with Gasteiger partial charge in [0.15, 0.2) is 0 Å². The lowest BCUT2D eigenvalue weighted by Crippen LogP contribution is -2.51. The molecule has 0 aliphatic carbocycles. The number of aliphatic hydroxyl groups is 1. The smallest absolute Gasteiger partial charge is 0.240 e. The zero-order valence-corrected chi connectivity index (χ0v) is 8.85. The Hall–Kier alpha value is -1.05. The first kappa shape index (κ1) is 12.0. The molecule has 0 aromatic rings. The molecule has 1 aliphatic heterocycles. The van der Waals surface area contributed by atoms with Gasteiger partial charge in [0.1, 0.15) is 0 Å². The average molecular weight is 210 g/mol. The highest BCUT2D eigenvalue weighted by molar-refractivity contribution is 5.82. The summed E-state index contributed by atoms with van der Waals surface area (Å²) < 4.78 is 0. The molecule has 1 fully saturated rings. The Kier molecular flexibility index (Phi) is 4.60. The summed E-state index contributed by atoms with van der Waals surface area (Å²) >= 11 is 0. The molecule has 1 aliphatic rings. The number of hydrogen-bond donors (Lipinski definition) is 2. The standard InChI is InChI=1S/C11H18N2O2/c1-2-5-10(12)11(15)13-7-4-3-6-9(13)8-14/h1,9-10,14H,3-8,12H2. The van der Waals surface area contributed by atoms with Gasteiger partial charge >= 0.3 is 0 Å². The quantitative estimate of drug-likeness (QED) is 0.629. The number of nitrogens with two attached hydrogens (primary N) is 1. The molecule has 0 saturated carbocycles. The van der Waals surface area contributed by atoms with Crippen LogP contribution in [-0.2, 0) is 4.79 Å². The highest BCUT2D eigenvalue weighted by Gasteiger charge is 2.28. The van der Waals surface area contributed by atoms with Crippen LogP contribution >= 0.6 is 0 Å². The Labute approximate surface area is 90.4 Å². The molecule has 0 radical (unpaired) electrons. The predicted octanol–water partition coefficient (Wildman–Crippen LogP) is -0.290. The molecule has 2 unspecified atom stereocenters. The lowest BCUT2D eigenvalue weighted by atomic mass is 10.0. The number of hydrogen-bond acceptors (Lipinski definition) is 3. The molecule has 0 spiro atoms. The summed E-state index contributed by atoms with van der Waals surface area (Å²) in [4.78, 5) is 13.5. The Morgan fingerprint density at radius 2 is 2.40 bits per heavy atom. The molecular weight excluding hydrogens is 192 g/mol. The van der Waals surface area contributed by atoms with Crippen molar-refractivity contribution >= 4 is 5.91 Å². The minimum absolute atomic E-state index is 0.00845. The van der Waals surface area contributed by atoms with E-state index < -0.39 is 6.04 Å². The third-order valence-corrected chi connectivity index (χ3v) is 2.78. The van der Waals surface area contributed by atoms with Crippen molar-refractivity contribution in [2.75, 3.05) is 13.2 Å². The number of likely N-dealkylation sites (tertiary alicyclic amines) is 1. The first-order valence-corrected chi connectivity index (χ1v) is 5.31. The number of terminal acetylenes is 1. The first-order chi connectivity index (χ1) is 7.20. The van der Waals surface area contributed by atoms with Crippen LogP contribution in [0.3, 0.4) is 0 Å². The van der Waals surface area contributed by atoms with Gasteiger partial charge < -0.3 is 15.7 Å². The Bertz CT molecular complexity index is 260. The molecule has 1 heterocycles. The molecular formula is C11H18N2O2. The SMILES string of the molecule is C#CCC(N)C(=O)N1CCCCC1CO. The van der Waals surface area contributed by atoms with E-state index in [4.69, 9.17) is 17.3 Å². The molecule has 3 N–H and O–H groups in total. The Morgan fingerprint density at radius 1 is 1.67 bits per heavy atom. The lowest BCUT2D eigenvalue weighted by molar-refractivity contribution is -0.137. The van der Waals surface area contributed by atoms with Crippen molar-refractivity contribution in [1.29, 1.82) is 0 Å². The summed E-state index contributed by atoms with van der Waals surface area (Å²) in [6, 6.07) is -0.697. The summed E-state index contributed by atoms with van der Waals surface area (Å²) in [5.74, 6) is 2.25. The third-order valence-electron chi connectivity index (χ3n) is 2.78. The lowest BCUT2D eigenvalue weighted by Gasteiger charge is -2.35. The number of amides is 1. The van der Waals surface area contributed by atoms with E-state index in [0.29, 0.717) is 6.54 Å². The molecule has 4 heteroatoms. The van der Waals surface area contributed by atoms with Crippen LogP contribution in [0.15, 0.2) is 0 Å². The molecule has 4 nitrogen and oxygen atoms in total. The molecule has 1 amide bonds. The van der Waals surface area contributed by atoms with Crippen molar-refractivity contribution in [3.05, 3.63) is 0 Å². The minimum Gasteiger partial charge on any atom is -0.394 e. The van der Waals surface area contributed by atoms with E-state index in [1.54, 1.807) is 4.90 Å². The van der Waals surface area contributed by atoms with Crippen molar-refractivity contribution in [2.24, 2.45) is 5.73 Å². The van der Waals surface area contributed by atoms with Gasteiger partial charge in [0.25, 0.3) is 0 Å². The Morgan fingerprint density at radius 3 is 3.00 bits per heavy atom. The van der Waals surface area contributed by atoms with Gasteiger partial charge in [-0.2, -0.15) is 0 Å². The summed E-state index contributed by atoms with van der Waals surface area (Å²) in [7, 11) is 0. The van der Waals surface area contributed by atoms with Crippen LogP contribution in [0.2, 0.25) is 0 Å². The molecule has 0 bridgehead atoms. The molecule has 15 heavy (non-hydrogen) atoms. The number of nitrogens with zero attached hydrogens (tertiary/aromatic N) is 1. The van der Waals surface area contributed by atoms with Crippen LogP contribution in [0.5, 0.6) is 0 Å². The fraction of sp³-hybridized carbons (Fsp3) is 0.727. The van der Waals surface area contributed by atoms with Gasteiger partial charge in [-0.05, 0) is 19.3 Å².